The third-order valence-electron chi connectivity index (χ3n) is 3.28. The molecule has 0 fully saturated rings. The molecular weight excluding hydrogens is 254 g/mol. The summed E-state index contributed by atoms with van der Waals surface area (Å²) in [6.45, 7) is 4.65. The summed E-state index contributed by atoms with van der Waals surface area (Å²) in [6.07, 6.45) is 4.49. The molecule has 0 saturated carbocycles. The van der Waals surface area contributed by atoms with E-state index in [2.05, 4.69) is 25.3 Å². The number of anilines is 2. The van der Waals surface area contributed by atoms with Crippen LogP contribution in [0.5, 0.6) is 0 Å². The minimum Gasteiger partial charge on any atom is -0.352 e. The van der Waals surface area contributed by atoms with Crippen molar-refractivity contribution in [2.24, 2.45) is 12.9 Å². The van der Waals surface area contributed by atoms with Crippen molar-refractivity contribution in [3.63, 3.8) is 0 Å². The van der Waals surface area contributed by atoms with Crippen molar-refractivity contribution < 1.29 is 0 Å². The third kappa shape index (κ3) is 2.72. The Morgan fingerprint density at radius 2 is 2.15 bits per heavy atom. The first-order valence-corrected chi connectivity index (χ1v) is 6.58. The Kier molecular flexibility index (Phi) is 4.19. The molecule has 7 nitrogen and oxygen atoms in total. The summed E-state index contributed by atoms with van der Waals surface area (Å²) in [5.74, 6) is 8.81. The summed E-state index contributed by atoms with van der Waals surface area (Å²) in [6, 6.07) is 0. The zero-order valence-electron chi connectivity index (χ0n) is 12.4. The van der Waals surface area contributed by atoms with Gasteiger partial charge in [0, 0.05) is 38.5 Å². The fourth-order valence-corrected chi connectivity index (χ4v) is 2.06. The molecule has 0 spiro atoms. The van der Waals surface area contributed by atoms with Crippen molar-refractivity contribution in [3.8, 4) is 0 Å². The van der Waals surface area contributed by atoms with Crippen molar-refractivity contribution in [1.29, 1.82) is 0 Å². The number of hydrogen-bond donors (Lipinski definition) is 2. The normalized spacial score (nSPS) is 10.7. The molecule has 0 amide bonds. The van der Waals surface area contributed by atoms with Crippen molar-refractivity contribution >= 4 is 11.6 Å². The molecular formula is C13H21N7. The van der Waals surface area contributed by atoms with E-state index in [0.717, 1.165) is 29.5 Å². The van der Waals surface area contributed by atoms with Gasteiger partial charge in [-0.2, -0.15) is 0 Å². The second-order valence-electron chi connectivity index (χ2n) is 4.75. The van der Waals surface area contributed by atoms with Crippen LogP contribution in [0.1, 0.15) is 24.1 Å². The van der Waals surface area contributed by atoms with E-state index in [1.54, 1.807) is 6.20 Å². The maximum Gasteiger partial charge on any atom is 0.148 e. The highest BCUT2D eigenvalue weighted by atomic mass is 15.3. The standard InChI is InChI=1S/C13H21N7/c1-5-10-16-12(18-14)9(2)13(17-10)20(4)8-11-15-6-7-19(11)3/h6-7H,5,8,14H2,1-4H3,(H,16,17,18). The zero-order chi connectivity index (χ0) is 14.7. The number of nitrogens with one attached hydrogen (secondary N) is 1. The quantitative estimate of drug-likeness (QED) is 0.625. The molecule has 0 aliphatic rings. The second-order valence-corrected chi connectivity index (χ2v) is 4.75. The number of hydrogen-bond acceptors (Lipinski definition) is 6. The molecule has 0 bridgehead atoms. The van der Waals surface area contributed by atoms with Gasteiger partial charge >= 0.3 is 0 Å². The topological polar surface area (TPSA) is 84.9 Å². The Morgan fingerprint density at radius 3 is 2.70 bits per heavy atom. The van der Waals surface area contributed by atoms with Gasteiger partial charge < -0.3 is 14.9 Å². The monoisotopic (exact) mass is 275 g/mol. The van der Waals surface area contributed by atoms with Crippen molar-refractivity contribution in [2.75, 3.05) is 17.4 Å². The van der Waals surface area contributed by atoms with Crippen molar-refractivity contribution in [3.05, 3.63) is 29.6 Å². The lowest BCUT2D eigenvalue weighted by molar-refractivity contribution is 0.748. The fourth-order valence-electron chi connectivity index (χ4n) is 2.06. The molecule has 0 saturated heterocycles. The van der Waals surface area contributed by atoms with E-state index >= 15 is 0 Å². The first kappa shape index (κ1) is 14.3. The van der Waals surface area contributed by atoms with E-state index in [1.165, 1.54) is 0 Å². The molecule has 0 radical (unpaired) electrons. The van der Waals surface area contributed by atoms with E-state index in [0.29, 0.717) is 12.4 Å². The maximum absolute atomic E-state index is 5.53. The molecule has 0 unspecified atom stereocenters. The Labute approximate surface area is 118 Å². The van der Waals surface area contributed by atoms with Gasteiger partial charge in [-0.3, -0.25) is 0 Å². The molecule has 2 aromatic rings. The van der Waals surface area contributed by atoms with Crippen LogP contribution in [0.3, 0.4) is 0 Å². The van der Waals surface area contributed by atoms with Crippen molar-refractivity contribution in [2.45, 2.75) is 26.8 Å². The molecule has 2 rings (SSSR count). The molecule has 0 atom stereocenters. The predicted molar refractivity (Wildman–Crippen MR) is 79.3 cm³/mol. The maximum atomic E-state index is 5.53. The number of aryl methyl sites for hydroxylation is 2. The van der Waals surface area contributed by atoms with Crippen LogP contribution in [0.2, 0.25) is 0 Å². The summed E-state index contributed by atoms with van der Waals surface area (Å²) in [7, 11) is 3.97. The van der Waals surface area contributed by atoms with Crippen LogP contribution in [0.25, 0.3) is 0 Å². The number of nitrogen functional groups attached to an aromatic ring is 1. The van der Waals surface area contributed by atoms with Crippen LogP contribution in [-0.2, 0) is 20.0 Å². The lowest BCUT2D eigenvalue weighted by Gasteiger charge is -2.21. The lowest BCUT2D eigenvalue weighted by Crippen LogP contribution is -2.23. The first-order valence-electron chi connectivity index (χ1n) is 6.58. The summed E-state index contributed by atoms with van der Waals surface area (Å²) < 4.78 is 2.00. The number of nitrogens with zero attached hydrogens (tertiary/aromatic N) is 5. The van der Waals surface area contributed by atoms with Gasteiger partial charge in [0.15, 0.2) is 0 Å². The highest BCUT2D eigenvalue weighted by molar-refractivity contribution is 5.57. The summed E-state index contributed by atoms with van der Waals surface area (Å²) >= 11 is 0. The van der Waals surface area contributed by atoms with Crippen LogP contribution in [0.15, 0.2) is 12.4 Å². The highest BCUT2D eigenvalue weighted by Gasteiger charge is 2.14. The van der Waals surface area contributed by atoms with Gasteiger partial charge in [-0.15, -0.1) is 0 Å². The summed E-state index contributed by atoms with van der Waals surface area (Å²) in [4.78, 5) is 15.4. The minimum absolute atomic E-state index is 0.665. The Hall–Kier alpha value is -2.15. The van der Waals surface area contributed by atoms with Crippen molar-refractivity contribution in [1.82, 2.24) is 19.5 Å². The van der Waals surface area contributed by atoms with Crippen LogP contribution >= 0.6 is 0 Å². The number of nitrogens with two attached hydrogens (primary N) is 1. The fraction of sp³-hybridized carbons (Fsp3) is 0.462. The van der Waals surface area contributed by atoms with Gasteiger partial charge in [-0.05, 0) is 6.92 Å². The van der Waals surface area contributed by atoms with Gasteiger partial charge in [-0.1, -0.05) is 6.92 Å². The predicted octanol–water partition coefficient (Wildman–Crippen LogP) is 1.00. The van der Waals surface area contributed by atoms with Gasteiger partial charge in [0.05, 0.1) is 6.54 Å². The summed E-state index contributed by atoms with van der Waals surface area (Å²) in [5, 5.41) is 0. The van der Waals surface area contributed by atoms with E-state index < -0.39 is 0 Å². The molecule has 2 heterocycles. The smallest absolute Gasteiger partial charge is 0.148 e. The number of rotatable bonds is 5. The number of hydrazine groups is 1. The van der Waals surface area contributed by atoms with Crippen LogP contribution < -0.4 is 16.2 Å². The lowest BCUT2D eigenvalue weighted by atomic mass is 10.2. The molecule has 20 heavy (non-hydrogen) atoms. The van der Waals surface area contributed by atoms with Gasteiger partial charge in [-0.25, -0.2) is 20.8 Å². The Balaban J connectivity index is 2.33. The molecule has 7 heteroatoms. The Morgan fingerprint density at radius 1 is 1.40 bits per heavy atom. The van der Waals surface area contributed by atoms with Crippen LogP contribution in [0.4, 0.5) is 11.6 Å². The summed E-state index contributed by atoms with van der Waals surface area (Å²) in [5.41, 5.74) is 3.57. The number of imidazole rings is 1. The SMILES string of the molecule is CCc1nc(NN)c(C)c(N(C)Cc2nccn2C)n1. The molecule has 0 aromatic carbocycles. The average Bonchev–Trinajstić information content (AvgIpc) is 2.84. The Bertz CT molecular complexity index is 590. The molecule has 108 valence electrons. The average molecular weight is 275 g/mol. The highest BCUT2D eigenvalue weighted by Crippen LogP contribution is 2.23. The molecule has 2 aromatic heterocycles. The van der Waals surface area contributed by atoms with E-state index in [4.69, 9.17) is 5.84 Å². The minimum atomic E-state index is 0.665. The largest absolute Gasteiger partial charge is 0.352 e. The van der Waals surface area contributed by atoms with E-state index in [9.17, 15) is 0 Å². The number of aromatic nitrogens is 4. The van der Waals surface area contributed by atoms with Crippen LogP contribution in [-0.4, -0.2) is 26.6 Å². The van der Waals surface area contributed by atoms with E-state index in [1.807, 2.05) is 38.7 Å². The molecule has 0 aliphatic carbocycles. The van der Waals surface area contributed by atoms with Gasteiger partial charge in [0.2, 0.25) is 0 Å². The molecule has 3 N–H and O–H groups in total. The first-order chi connectivity index (χ1) is 9.56. The van der Waals surface area contributed by atoms with Crippen LogP contribution in [0, 0.1) is 6.92 Å². The van der Waals surface area contributed by atoms with E-state index in [-0.39, 0.29) is 0 Å². The third-order valence-corrected chi connectivity index (χ3v) is 3.28. The van der Waals surface area contributed by atoms with Gasteiger partial charge in [0.1, 0.15) is 23.3 Å². The second kappa shape index (κ2) is 5.87. The zero-order valence-corrected chi connectivity index (χ0v) is 12.4. The molecule has 0 aliphatic heterocycles. The van der Waals surface area contributed by atoms with Gasteiger partial charge in [0.25, 0.3) is 0 Å².